The van der Waals surface area contributed by atoms with Crippen molar-refractivity contribution >= 4 is 11.9 Å². The summed E-state index contributed by atoms with van der Waals surface area (Å²) < 4.78 is 20.6. The minimum Gasteiger partial charge on any atom is -0.493 e. The first-order valence-corrected chi connectivity index (χ1v) is 8.61. The van der Waals surface area contributed by atoms with Gasteiger partial charge in [0.25, 0.3) is 5.91 Å². The van der Waals surface area contributed by atoms with Gasteiger partial charge in [-0.05, 0) is 36.2 Å². The number of esters is 1. The fraction of sp³-hybridized carbons (Fsp3) is 0.400. The van der Waals surface area contributed by atoms with E-state index in [0.29, 0.717) is 24.5 Å². The Morgan fingerprint density at radius 1 is 1.11 bits per heavy atom. The number of hydrogen-bond donors (Lipinski definition) is 0. The first-order valence-electron chi connectivity index (χ1n) is 8.61. The highest BCUT2D eigenvalue weighted by Gasteiger charge is 2.24. The van der Waals surface area contributed by atoms with Gasteiger partial charge in [-0.1, -0.05) is 13.0 Å². The number of furan rings is 1. The van der Waals surface area contributed by atoms with E-state index in [2.05, 4.69) is 0 Å². The average Bonchev–Trinajstić information content (AvgIpc) is 3.24. The molecule has 0 saturated carbocycles. The van der Waals surface area contributed by atoms with Gasteiger partial charge in [-0.3, -0.25) is 9.59 Å². The molecule has 7 heteroatoms. The van der Waals surface area contributed by atoms with Crippen LogP contribution in [0.2, 0.25) is 0 Å². The van der Waals surface area contributed by atoms with Crippen LogP contribution in [0.1, 0.15) is 23.0 Å². The Morgan fingerprint density at radius 3 is 2.44 bits per heavy atom. The average molecular weight is 375 g/mol. The maximum Gasteiger partial charge on any atom is 0.310 e. The van der Waals surface area contributed by atoms with Gasteiger partial charge in [0.2, 0.25) is 0 Å². The fourth-order valence-corrected chi connectivity index (χ4v) is 2.74. The van der Waals surface area contributed by atoms with Crippen LogP contribution in [0.15, 0.2) is 41.0 Å². The minimum absolute atomic E-state index is 0.236. The van der Waals surface area contributed by atoms with Crippen molar-refractivity contribution in [1.29, 1.82) is 0 Å². The van der Waals surface area contributed by atoms with Gasteiger partial charge in [0.1, 0.15) is 0 Å². The zero-order valence-corrected chi connectivity index (χ0v) is 16.1. The molecule has 1 unspecified atom stereocenters. The van der Waals surface area contributed by atoms with E-state index in [1.807, 2.05) is 18.2 Å². The molecular weight excluding hydrogens is 350 g/mol. The van der Waals surface area contributed by atoms with E-state index < -0.39 is 5.92 Å². The molecule has 27 heavy (non-hydrogen) atoms. The SMILES string of the molecule is COC(=O)C(C)CN(CCc1ccc(OC)c(OC)c1)C(=O)c1ccco1. The van der Waals surface area contributed by atoms with E-state index in [9.17, 15) is 9.59 Å². The van der Waals surface area contributed by atoms with Crippen molar-refractivity contribution in [2.75, 3.05) is 34.4 Å². The molecule has 2 aromatic rings. The maximum absolute atomic E-state index is 12.7. The summed E-state index contributed by atoms with van der Waals surface area (Å²) in [6, 6.07) is 8.88. The maximum atomic E-state index is 12.7. The molecule has 0 N–H and O–H groups in total. The van der Waals surface area contributed by atoms with Crippen LogP contribution in [0.4, 0.5) is 0 Å². The molecule has 0 fully saturated rings. The first kappa shape index (κ1) is 20.4. The summed E-state index contributed by atoms with van der Waals surface area (Å²) in [4.78, 5) is 26.1. The molecule has 146 valence electrons. The molecule has 1 aromatic heterocycles. The third kappa shape index (κ3) is 5.26. The monoisotopic (exact) mass is 375 g/mol. The Balaban J connectivity index is 2.14. The van der Waals surface area contributed by atoms with Crippen LogP contribution in [0.25, 0.3) is 0 Å². The van der Waals surface area contributed by atoms with E-state index in [-0.39, 0.29) is 24.2 Å². The molecule has 2 rings (SSSR count). The Hall–Kier alpha value is -2.96. The molecule has 0 spiro atoms. The van der Waals surface area contributed by atoms with Crippen molar-refractivity contribution in [2.45, 2.75) is 13.3 Å². The van der Waals surface area contributed by atoms with Crippen LogP contribution >= 0.6 is 0 Å². The number of ether oxygens (including phenoxy) is 3. The van der Waals surface area contributed by atoms with Gasteiger partial charge < -0.3 is 23.5 Å². The highest BCUT2D eigenvalue weighted by molar-refractivity contribution is 5.91. The third-order valence-electron chi connectivity index (χ3n) is 4.24. The first-order chi connectivity index (χ1) is 13.0. The van der Waals surface area contributed by atoms with Crippen LogP contribution in [-0.2, 0) is 16.0 Å². The lowest BCUT2D eigenvalue weighted by Crippen LogP contribution is -2.38. The number of carbonyl (C=O) groups excluding carboxylic acids is 2. The van der Waals surface area contributed by atoms with E-state index in [4.69, 9.17) is 18.6 Å². The van der Waals surface area contributed by atoms with Crippen molar-refractivity contribution in [3.8, 4) is 11.5 Å². The molecule has 0 radical (unpaired) electrons. The summed E-state index contributed by atoms with van der Waals surface area (Å²) in [7, 11) is 4.49. The van der Waals surface area contributed by atoms with E-state index in [1.54, 1.807) is 38.2 Å². The summed E-state index contributed by atoms with van der Waals surface area (Å²) in [6.45, 7) is 2.38. The van der Waals surface area contributed by atoms with Crippen molar-refractivity contribution < 1.29 is 28.2 Å². The third-order valence-corrected chi connectivity index (χ3v) is 4.24. The topological polar surface area (TPSA) is 78.2 Å². The second-order valence-corrected chi connectivity index (χ2v) is 6.09. The molecule has 0 aliphatic carbocycles. The van der Waals surface area contributed by atoms with Crippen LogP contribution < -0.4 is 9.47 Å². The van der Waals surface area contributed by atoms with Crippen LogP contribution in [0.3, 0.4) is 0 Å². The van der Waals surface area contributed by atoms with E-state index >= 15 is 0 Å². The summed E-state index contributed by atoms with van der Waals surface area (Å²) in [6.07, 6.45) is 2.03. The quantitative estimate of drug-likeness (QED) is 0.627. The lowest BCUT2D eigenvalue weighted by Gasteiger charge is -2.24. The lowest BCUT2D eigenvalue weighted by atomic mass is 10.1. The van der Waals surface area contributed by atoms with Crippen molar-refractivity contribution in [2.24, 2.45) is 5.92 Å². The van der Waals surface area contributed by atoms with Gasteiger partial charge >= 0.3 is 5.97 Å². The number of hydrogen-bond acceptors (Lipinski definition) is 6. The van der Waals surface area contributed by atoms with Crippen LogP contribution in [0.5, 0.6) is 11.5 Å². The number of amides is 1. The molecule has 0 aliphatic rings. The summed E-state index contributed by atoms with van der Waals surface area (Å²) in [5.41, 5.74) is 0.982. The Morgan fingerprint density at radius 2 is 1.85 bits per heavy atom. The Labute approximate surface area is 158 Å². The summed E-state index contributed by atoms with van der Waals surface area (Å²) >= 11 is 0. The zero-order valence-electron chi connectivity index (χ0n) is 16.1. The number of benzene rings is 1. The molecule has 0 bridgehead atoms. The van der Waals surface area contributed by atoms with Gasteiger partial charge in [-0.2, -0.15) is 0 Å². The largest absolute Gasteiger partial charge is 0.493 e. The van der Waals surface area contributed by atoms with Gasteiger partial charge in [-0.15, -0.1) is 0 Å². The van der Waals surface area contributed by atoms with Crippen molar-refractivity contribution in [1.82, 2.24) is 4.90 Å². The van der Waals surface area contributed by atoms with E-state index in [1.165, 1.54) is 13.4 Å². The van der Waals surface area contributed by atoms with Gasteiger partial charge in [-0.25, -0.2) is 0 Å². The molecule has 1 amide bonds. The van der Waals surface area contributed by atoms with Crippen LogP contribution in [0, 0.1) is 5.92 Å². The molecule has 0 aliphatic heterocycles. The molecule has 1 aromatic carbocycles. The number of nitrogens with zero attached hydrogens (tertiary/aromatic N) is 1. The lowest BCUT2D eigenvalue weighted by molar-refractivity contribution is -0.145. The minimum atomic E-state index is -0.445. The standard InChI is InChI=1S/C20H25NO6/c1-14(20(23)26-4)13-21(19(22)17-6-5-11-27-17)10-9-15-7-8-16(24-2)18(12-15)25-3/h5-8,11-12,14H,9-10,13H2,1-4H3. The molecular formula is C20H25NO6. The number of methoxy groups -OCH3 is 3. The van der Waals surface area contributed by atoms with Gasteiger partial charge in [0, 0.05) is 13.1 Å². The van der Waals surface area contributed by atoms with Crippen molar-refractivity contribution in [3.63, 3.8) is 0 Å². The molecule has 1 heterocycles. The highest BCUT2D eigenvalue weighted by Crippen LogP contribution is 2.27. The van der Waals surface area contributed by atoms with Crippen LogP contribution in [-0.4, -0.2) is 51.2 Å². The van der Waals surface area contributed by atoms with Gasteiger partial charge in [0.05, 0.1) is 33.5 Å². The second kappa shape index (κ2) is 9.66. The van der Waals surface area contributed by atoms with Gasteiger partial charge in [0.15, 0.2) is 17.3 Å². The second-order valence-electron chi connectivity index (χ2n) is 6.09. The predicted molar refractivity (Wildman–Crippen MR) is 99.0 cm³/mol. The van der Waals surface area contributed by atoms with Crippen molar-refractivity contribution in [3.05, 3.63) is 47.9 Å². The number of carbonyl (C=O) groups is 2. The molecule has 7 nitrogen and oxygen atoms in total. The van der Waals surface area contributed by atoms with E-state index in [0.717, 1.165) is 5.56 Å². The normalized spacial score (nSPS) is 11.6. The Bertz CT molecular complexity index is 756. The number of rotatable bonds is 9. The molecule has 0 saturated heterocycles. The zero-order chi connectivity index (χ0) is 19.8. The Kier molecular flexibility index (Phi) is 7.28. The fourth-order valence-electron chi connectivity index (χ4n) is 2.74. The smallest absolute Gasteiger partial charge is 0.310 e. The molecule has 1 atom stereocenters. The summed E-state index contributed by atoms with van der Waals surface area (Å²) in [5, 5.41) is 0. The summed E-state index contributed by atoms with van der Waals surface area (Å²) in [5.74, 6) is 0.430. The predicted octanol–water partition coefficient (Wildman–Crippen LogP) is 2.79. The highest BCUT2D eigenvalue weighted by atomic mass is 16.5.